The Morgan fingerprint density at radius 3 is 2.32 bits per heavy atom. The summed E-state index contributed by atoms with van der Waals surface area (Å²) in [5.41, 5.74) is -1.07. The topological polar surface area (TPSA) is 87.7 Å². The van der Waals surface area contributed by atoms with E-state index in [1.165, 1.54) is 6.42 Å². The molecule has 0 unspecified atom stereocenters. The molecule has 0 aromatic heterocycles. The zero-order chi connectivity index (χ0) is 21.6. The molecule has 2 aliphatic carbocycles. The van der Waals surface area contributed by atoms with Gasteiger partial charge in [0.2, 0.25) is 17.7 Å². The first-order valence-electron chi connectivity index (χ1n) is 11.9. The Labute approximate surface area is 183 Å². The second-order valence-corrected chi connectivity index (χ2v) is 9.81. The van der Waals surface area contributed by atoms with Crippen molar-refractivity contribution in [1.82, 2.24) is 15.5 Å². The maximum atomic E-state index is 13.5. The summed E-state index contributed by atoms with van der Waals surface area (Å²) in [7, 11) is 0. The number of rotatable bonds is 6. The fourth-order valence-electron chi connectivity index (χ4n) is 6.50. The van der Waals surface area contributed by atoms with Crippen LogP contribution in [-0.2, 0) is 19.1 Å². The second-order valence-electron chi connectivity index (χ2n) is 9.81. The predicted octanol–water partition coefficient (Wildman–Crippen LogP) is 1.83. The molecule has 31 heavy (non-hydrogen) atoms. The van der Waals surface area contributed by atoms with E-state index in [1.54, 1.807) is 11.0 Å². The lowest BCUT2D eigenvalue weighted by Crippen LogP contribution is -2.56. The van der Waals surface area contributed by atoms with Crippen LogP contribution in [0.25, 0.3) is 0 Å². The van der Waals surface area contributed by atoms with Crippen molar-refractivity contribution in [2.75, 3.05) is 6.54 Å². The normalized spacial score (nSPS) is 37.3. The summed E-state index contributed by atoms with van der Waals surface area (Å²) in [5, 5.41) is 6.33. The van der Waals surface area contributed by atoms with Crippen molar-refractivity contribution in [2.45, 2.75) is 87.6 Å². The predicted molar refractivity (Wildman–Crippen MR) is 115 cm³/mol. The average Bonchev–Trinajstić information content (AvgIpc) is 3.52. The summed E-state index contributed by atoms with van der Waals surface area (Å²) in [6, 6.07) is -0.448. The zero-order valence-corrected chi connectivity index (χ0v) is 18.1. The third-order valence-corrected chi connectivity index (χ3v) is 7.90. The van der Waals surface area contributed by atoms with Gasteiger partial charge in [-0.3, -0.25) is 14.4 Å². The van der Waals surface area contributed by atoms with E-state index >= 15 is 0 Å². The monoisotopic (exact) mass is 427 g/mol. The second kappa shape index (κ2) is 8.08. The molecule has 0 radical (unpaired) electrons. The SMILES string of the molecule is C=CCN1C(=O)[C@H]2[C@@H](C(=O)NC3CCCCC3)[C@@H]3C=C[C@@]2(O3)[C@H]1C(=O)NC1CCCC1. The first-order chi connectivity index (χ1) is 15.0. The lowest BCUT2D eigenvalue weighted by Gasteiger charge is -2.32. The molecule has 0 aromatic rings. The van der Waals surface area contributed by atoms with Gasteiger partial charge in [0.15, 0.2) is 0 Å². The maximum absolute atomic E-state index is 13.5. The van der Waals surface area contributed by atoms with E-state index in [1.807, 2.05) is 12.2 Å². The minimum atomic E-state index is -1.07. The minimum Gasteiger partial charge on any atom is -0.359 e. The Balaban J connectivity index is 1.40. The zero-order valence-electron chi connectivity index (χ0n) is 18.1. The lowest BCUT2D eigenvalue weighted by molar-refractivity contribution is -0.141. The van der Waals surface area contributed by atoms with Gasteiger partial charge in [0.1, 0.15) is 11.6 Å². The first kappa shape index (κ1) is 20.7. The molecule has 3 heterocycles. The maximum Gasteiger partial charge on any atom is 0.246 e. The molecule has 5 aliphatic rings. The van der Waals surface area contributed by atoms with Crippen LogP contribution in [0, 0.1) is 11.8 Å². The van der Waals surface area contributed by atoms with Crippen LogP contribution in [0.3, 0.4) is 0 Å². The van der Waals surface area contributed by atoms with Crippen LogP contribution in [0.4, 0.5) is 0 Å². The third kappa shape index (κ3) is 3.32. The van der Waals surface area contributed by atoms with Gasteiger partial charge in [0, 0.05) is 18.6 Å². The van der Waals surface area contributed by atoms with Crippen molar-refractivity contribution in [1.29, 1.82) is 0 Å². The van der Waals surface area contributed by atoms with Gasteiger partial charge in [-0.2, -0.15) is 0 Å². The van der Waals surface area contributed by atoms with E-state index in [0.29, 0.717) is 0 Å². The van der Waals surface area contributed by atoms with Gasteiger partial charge >= 0.3 is 0 Å². The molecule has 2 saturated carbocycles. The Morgan fingerprint density at radius 1 is 1.06 bits per heavy atom. The molecule has 168 valence electrons. The molecular formula is C24H33N3O4. The number of fused-ring (bicyclic) bond motifs is 1. The van der Waals surface area contributed by atoms with Crippen molar-refractivity contribution in [2.24, 2.45) is 11.8 Å². The van der Waals surface area contributed by atoms with Gasteiger partial charge in [-0.05, 0) is 25.7 Å². The summed E-state index contributed by atoms with van der Waals surface area (Å²) in [4.78, 5) is 41.8. The van der Waals surface area contributed by atoms with Gasteiger partial charge in [-0.15, -0.1) is 6.58 Å². The average molecular weight is 428 g/mol. The van der Waals surface area contributed by atoms with Gasteiger partial charge in [0.25, 0.3) is 0 Å². The quantitative estimate of drug-likeness (QED) is 0.633. The molecule has 2 saturated heterocycles. The number of carbonyl (C=O) groups is 3. The van der Waals surface area contributed by atoms with Crippen LogP contribution >= 0.6 is 0 Å². The van der Waals surface area contributed by atoms with E-state index in [-0.39, 0.29) is 36.3 Å². The van der Waals surface area contributed by atoms with Gasteiger partial charge < -0.3 is 20.3 Å². The largest absolute Gasteiger partial charge is 0.359 e. The summed E-state index contributed by atoms with van der Waals surface area (Å²) in [6.45, 7) is 4.04. The highest BCUT2D eigenvalue weighted by Crippen LogP contribution is 2.55. The van der Waals surface area contributed by atoms with Crippen molar-refractivity contribution >= 4 is 17.7 Å². The lowest BCUT2D eigenvalue weighted by atomic mass is 9.74. The third-order valence-electron chi connectivity index (χ3n) is 7.90. The smallest absolute Gasteiger partial charge is 0.246 e. The van der Waals surface area contributed by atoms with Crippen LogP contribution in [0.15, 0.2) is 24.8 Å². The van der Waals surface area contributed by atoms with E-state index in [9.17, 15) is 14.4 Å². The highest BCUT2D eigenvalue weighted by Gasteiger charge is 2.72. The number of carbonyl (C=O) groups excluding carboxylic acids is 3. The number of hydrogen-bond donors (Lipinski definition) is 2. The van der Waals surface area contributed by atoms with Crippen molar-refractivity contribution in [3.05, 3.63) is 24.8 Å². The standard InChI is InChI=1S/C24H33N3O4/c1-2-14-27-20(22(29)26-16-10-6-7-11-16)24-13-12-17(31-24)18(19(24)23(27)30)21(28)25-15-8-4-3-5-9-15/h2,12-13,15-20H,1,3-11,14H2,(H,25,28)(H,26,29)/t17-,18-,19+,20+,24-/m0/s1. The molecule has 3 aliphatic heterocycles. The van der Waals surface area contributed by atoms with Crippen LogP contribution in [0.1, 0.15) is 57.8 Å². The fraction of sp³-hybridized carbons (Fsp3) is 0.708. The molecule has 5 rings (SSSR count). The molecule has 4 fully saturated rings. The Bertz CT molecular complexity index is 799. The molecule has 2 bridgehead atoms. The number of likely N-dealkylation sites (tertiary alicyclic amines) is 1. The van der Waals surface area contributed by atoms with E-state index in [4.69, 9.17) is 4.74 Å². The number of nitrogens with zero attached hydrogens (tertiary/aromatic N) is 1. The summed E-state index contributed by atoms with van der Waals surface area (Å²) in [6.07, 6.45) is 14.5. The van der Waals surface area contributed by atoms with Crippen LogP contribution in [0.5, 0.6) is 0 Å². The Morgan fingerprint density at radius 2 is 1.68 bits per heavy atom. The van der Waals surface area contributed by atoms with E-state index < -0.39 is 29.6 Å². The van der Waals surface area contributed by atoms with Crippen LogP contribution < -0.4 is 10.6 Å². The van der Waals surface area contributed by atoms with E-state index in [0.717, 1.165) is 51.4 Å². The molecule has 3 amide bonds. The van der Waals surface area contributed by atoms with Gasteiger partial charge in [-0.25, -0.2) is 0 Å². The van der Waals surface area contributed by atoms with Gasteiger partial charge in [-0.1, -0.05) is 50.3 Å². The summed E-state index contributed by atoms with van der Waals surface area (Å²) >= 11 is 0. The highest BCUT2D eigenvalue weighted by molar-refractivity contribution is 6.00. The number of amides is 3. The fourth-order valence-corrected chi connectivity index (χ4v) is 6.50. The molecular weight excluding hydrogens is 394 g/mol. The summed E-state index contributed by atoms with van der Waals surface area (Å²) < 4.78 is 6.32. The molecule has 2 N–H and O–H groups in total. The molecule has 1 spiro atoms. The first-order valence-corrected chi connectivity index (χ1v) is 11.9. The van der Waals surface area contributed by atoms with Crippen molar-refractivity contribution in [3.8, 4) is 0 Å². The van der Waals surface area contributed by atoms with Crippen molar-refractivity contribution in [3.63, 3.8) is 0 Å². The Hall–Kier alpha value is -2.15. The number of ether oxygens (including phenoxy) is 1. The number of hydrogen-bond acceptors (Lipinski definition) is 4. The Kier molecular flexibility index (Phi) is 5.40. The van der Waals surface area contributed by atoms with E-state index in [2.05, 4.69) is 17.2 Å². The number of nitrogens with one attached hydrogen (secondary N) is 2. The van der Waals surface area contributed by atoms with Gasteiger partial charge in [0.05, 0.1) is 17.9 Å². The molecule has 7 heteroatoms. The van der Waals surface area contributed by atoms with Crippen molar-refractivity contribution < 1.29 is 19.1 Å². The highest BCUT2D eigenvalue weighted by atomic mass is 16.5. The minimum absolute atomic E-state index is 0.114. The molecule has 7 nitrogen and oxygen atoms in total. The molecule has 5 atom stereocenters. The summed E-state index contributed by atoms with van der Waals surface area (Å²) in [5.74, 6) is -1.72. The molecule has 0 aromatic carbocycles. The van der Waals surface area contributed by atoms with Crippen LogP contribution in [-0.4, -0.2) is 59.0 Å². The van der Waals surface area contributed by atoms with Crippen LogP contribution in [0.2, 0.25) is 0 Å².